The molecule has 0 spiro atoms. The van der Waals surface area contributed by atoms with Crippen molar-refractivity contribution in [2.24, 2.45) is 5.73 Å². The van der Waals surface area contributed by atoms with Gasteiger partial charge in [0.05, 0.1) is 30.1 Å². The number of rotatable bonds is 7. The molecule has 0 saturated heterocycles. The van der Waals surface area contributed by atoms with Crippen LogP contribution in [0.2, 0.25) is 0 Å². The van der Waals surface area contributed by atoms with Crippen LogP contribution in [0.1, 0.15) is 12.5 Å². The van der Waals surface area contributed by atoms with E-state index in [2.05, 4.69) is 9.97 Å². The zero-order valence-corrected chi connectivity index (χ0v) is 20.4. The number of primary amides is 1. The van der Waals surface area contributed by atoms with E-state index in [9.17, 15) is 14.0 Å². The van der Waals surface area contributed by atoms with Crippen molar-refractivity contribution < 1.29 is 9.18 Å². The Balaban J connectivity index is 1.60. The van der Waals surface area contributed by atoms with E-state index in [-0.39, 0.29) is 23.6 Å². The summed E-state index contributed by atoms with van der Waals surface area (Å²) in [6.45, 7) is 1.83. The molecule has 0 aliphatic carbocycles. The number of benzene rings is 2. The Morgan fingerprint density at radius 1 is 1.08 bits per heavy atom. The van der Waals surface area contributed by atoms with Gasteiger partial charge in [0, 0.05) is 30.4 Å². The normalized spacial score (nSPS) is 12.0. The Bertz CT molecular complexity index is 1660. The van der Waals surface area contributed by atoms with Crippen molar-refractivity contribution in [2.45, 2.75) is 19.5 Å². The van der Waals surface area contributed by atoms with Crippen LogP contribution in [-0.4, -0.2) is 38.1 Å². The quantitative estimate of drug-likeness (QED) is 0.370. The highest BCUT2D eigenvalue weighted by molar-refractivity contribution is 5.83. The van der Waals surface area contributed by atoms with Crippen molar-refractivity contribution in [1.82, 2.24) is 19.1 Å². The molecule has 37 heavy (non-hydrogen) atoms. The monoisotopic (exact) mass is 496 g/mol. The third-order valence-electron chi connectivity index (χ3n) is 6.49. The molecule has 2 N–H and O–H groups in total. The van der Waals surface area contributed by atoms with Gasteiger partial charge >= 0.3 is 0 Å². The highest BCUT2D eigenvalue weighted by atomic mass is 19.1. The lowest BCUT2D eigenvalue weighted by atomic mass is 10.2. The molecule has 0 radical (unpaired) electrons. The number of anilines is 1. The zero-order chi connectivity index (χ0) is 26.1. The number of aromatic nitrogens is 4. The van der Waals surface area contributed by atoms with Crippen LogP contribution in [0.5, 0.6) is 0 Å². The molecule has 0 bridgehead atoms. The number of likely N-dealkylation sites (N-methyl/N-ethyl adjacent to an activating group) is 1. The summed E-state index contributed by atoms with van der Waals surface area (Å²) in [4.78, 5) is 36.0. The van der Waals surface area contributed by atoms with E-state index in [0.717, 1.165) is 27.7 Å². The molecule has 3 heterocycles. The number of amides is 1. The van der Waals surface area contributed by atoms with Crippen LogP contribution in [0, 0.1) is 5.82 Å². The number of hydrogen-bond donors (Lipinski definition) is 1. The number of hydrogen-bond acceptors (Lipinski definition) is 5. The van der Waals surface area contributed by atoms with Crippen LogP contribution < -0.4 is 16.2 Å². The smallest absolute Gasteiger partial charge is 0.277 e. The minimum absolute atomic E-state index is 0.192. The van der Waals surface area contributed by atoms with Crippen molar-refractivity contribution >= 4 is 22.5 Å². The van der Waals surface area contributed by atoms with Gasteiger partial charge in [-0.25, -0.2) is 9.37 Å². The third kappa shape index (κ3) is 4.58. The largest absolute Gasteiger partial charge is 0.368 e. The van der Waals surface area contributed by atoms with Crippen molar-refractivity contribution in [1.29, 1.82) is 0 Å². The Hall–Kier alpha value is -4.79. The van der Waals surface area contributed by atoms with Crippen LogP contribution in [0.25, 0.3) is 28.0 Å². The molecule has 0 fully saturated rings. The molecule has 0 aliphatic heterocycles. The van der Waals surface area contributed by atoms with E-state index >= 15 is 0 Å². The standard InChI is InChI=1S/C28H25FN6O2/c1-18(26(30)36)33(2)25-16-32-27(20-6-4-3-5-7-20)35(28(25)37)17-19-12-23(15-31-14-19)34-11-10-21-13-22(29)8-9-24(21)34/h3-16,18H,17H2,1-2H3,(H2,30,36). The molecule has 9 heteroatoms. The first-order valence-electron chi connectivity index (χ1n) is 11.7. The molecule has 0 aliphatic rings. The van der Waals surface area contributed by atoms with E-state index in [1.807, 2.05) is 53.2 Å². The maximum absolute atomic E-state index is 13.7. The Morgan fingerprint density at radius 3 is 2.62 bits per heavy atom. The lowest BCUT2D eigenvalue weighted by molar-refractivity contribution is -0.118. The second-order valence-electron chi connectivity index (χ2n) is 8.85. The number of carbonyl (C=O) groups is 1. The van der Waals surface area contributed by atoms with Gasteiger partial charge in [0.2, 0.25) is 5.91 Å². The van der Waals surface area contributed by atoms with Crippen LogP contribution >= 0.6 is 0 Å². The predicted molar refractivity (Wildman–Crippen MR) is 141 cm³/mol. The van der Waals surface area contributed by atoms with Gasteiger partial charge in [0.25, 0.3) is 5.56 Å². The van der Waals surface area contributed by atoms with Gasteiger partial charge in [-0.1, -0.05) is 30.3 Å². The first-order valence-corrected chi connectivity index (χ1v) is 11.7. The molecule has 8 nitrogen and oxygen atoms in total. The molecule has 5 rings (SSSR count). The highest BCUT2D eigenvalue weighted by Gasteiger charge is 2.21. The minimum Gasteiger partial charge on any atom is -0.368 e. The molecule has 1 atom stereocenters. The van der Waals surface area contributed by atoms with Crippen LogP contribution in [0.4, 0.5) is 10.1 Å². The van der Waals surface area contributed by atoms with Gasteiger partial charge in [0.15, 0.2) is 0 Å². The van der Waals surface area contributed by atoms with E-state index in [0.29, 0.717) is 5.82 Å². The summed E-state index contributed by atoms with van der Waals surface area (Å²) < 4.78 is 17.2. The van der Waals surface area contributed by atoms with Crippen molar-refractivity contribution in [3.63, 3.8) is 0 Å². The first-order chi connectivity index (χ1) is 17.8. The van der Waals surface area contributed by atoms with Gasteiger partial charge in [-0.3, -0.25) is 19.1 Å². The summed E-state index contributed by atoms with van der Waals surface area (Å²) in [7, 11) is 1.64. The van der Waals surface area contributed by atoms with Gasteiger partial charge in [0.1, 0.15) is 23.4 Å². The number of carbonyl (C=O) groups excluding carboxylic acids is 1. The minimum atomic E-state index is -0.692. The summed E-state index contributed by atoms with van der Waals surface area (Å²) in [5.41, 5.74) is 8.59. The van der Waals surface area contributed by atoms with Crippen LogP contribution in [0.15, 0.2) is 90.2 Å². The average Bonchev–Trinajstić information content (AvgIpc) is 3.32. The molecule has 1 unspecified atom stereocenters. The van der Waals surface area contributed by atoms with Gasteiger partial charge in [-0.05, 0) is 42.8 Å². The maximum Gasteiger partial charge on any atom is 0.277 e. The maximum atomic E-state index is 13.7. The molecule has 0 saturated carbocycles. The topological polar surface area (TPSA) is 99.0 Å². The van der Waals surface area contributed by atoms with Crippen molar-refractivity contribution in [2.75, 3.05) is 11.9 Å². The fourth-order valence-electron chi connectivity index (χ4n) is 4.30. The molecule has 186 valence electrons. The van der Waals surface area contributed by atoms with Gasteiger partial charge in [-0.15, -0.1) is 0 Å². The van der Waals surface area contributed by atoms with Gasteiger partial charge in [-0.2, -0.15) is 0 Å². The summed E-state index contributed by atoms with van der Waals surface area (Å²) in [6.07, 6.45) is 6.73. The molecular formula is C28H25FN6O2. The van der Waals surface area contributed by atoms with E-state index in [1.54, 1.807) is 37.0 Å². The summed E-state index contributed by atoms with van der Waals surface area (Å²) in [5, 5.41) is 0.775. The molecule has 2 aromatic carbocycles. The molecular weight excluding hydrogens is 471 g/mol. The molecule has 5 aromatic rings. The van der Waals surface area contributed by atoms with E-state index in [4.69, 9.17) is 5.73 Å². The number of pyridine rings is 1. The highest BCUT2D eigenvalue weighted by Crippen LogP contribution is 2.23. The van der Waals surface area contributed by atoms with Crippen molar-refractivity contribution in [3.8, 4) is 17.1 Å². The Morgan fingerprint density at radius 2 is 1.86 bits per heavy atom. The lowest BCUT2D eigenvalue weighted by Crippen LogP contribution is -2.43. The second kappa shape index (κ2) is 9.69. The summed E-state index contributed by atoms with van der Waals surface area (Å²) in [5.74, 6) is -0.356. The fourth-order valence-corrected chi connectivity index (χ4v) is 4.30. The van der Waals surface area contributed by atoms with Crippen molar-refractivity contribution in [3.05, 3.63) is 107 Å². The SMILES string of the molecule is CC(C(N)=O)N(C)c1cnc(-c2ccccc2)n(Cc2cncc(-n3ccc4cc(F)ccc43)c2)c1=O. The summed E-state index contributed by atoms with van der Waals surface area (Å²) in [6, 6.07) is 17.1. The number of nitrogens with two attached hydrogens (primary N) is 1. The zero-order valence-electron chi connectivity index (χ0n) is 20.4. The van der Waals surface area contributed by atoms with E-state index < -0.39 is 11.9 Å². The summed E-state index contributed by atoms with van der Waals surface area (Å²) >= 11 is 0. The molecule has 1 amide bonds. The molecule has 3 aromatic heterocycles. The van der Waals surface area contributed by atoms with Crippen LogP contribution in [-0.2, 0) is 11.3 Å². The Labute approximate surface area is 212 Å². The average molecular weight is 497 g/mol. The predicted octanol–water partition coefficient (Wildman–Crippen LogP) is 3.75. The van der Waals surface area contributed by atoms with Gasteiger partial charge < -0.3 is 15.2 Å². The Kier molecular flexibility index (Phi) is 6.27. The second-order valence-corrected chi connectivity index (χ2v) is 8.85. The lowest BCUT2D eigenvalue weighted by Gasteiger charge is -2.25. The first kappa shape index (κ1) is 23.9. The fraction of sp³-hybridized carbons (Fsp3) is 0.143. The number of fused-ring (bicyclic) bond motifs is 1. The van der Waals surface area contributed by atoms with Crippen LogP contribution in [0.3, 0.4) is 0 Å². The third-order valence-corrected chi connectivity index (χ3v) is 6.49. The van der Waals surface area contributed by atoms with E-state index in [1.165, 1.54) is 23.2 Å². The number of nitrogens with zero attached hydrogens (tertiary/aromatic N) is 5. The number of halogens is 1.